The monoisotopic (exact) mass is 353 g/mol. The van der Waals surface area contributed by atoms with E-state index in [0.29, 0.717) is 11.3 Å². The van der Waals surface area contributed by atoms with Gasteiger partial charge in [0.1, 0.15) is 6.26 Å². The molecule has 0 aliphatic rings. The smallest absolute Gasteiger partial charge is 0.288 e. The van der Waals surface area contributed by atoms with Crippen LogP contribution >= 0.6 is 0 Å². The normalized spacial score (nSPS) is 13.2. The molecule has 1 aromatic carbocycles. The molecule has 1 N–H and O–H groups in total. The second kappa shape index (κ2) is 6.51. The number of hydrogen-bond donors (Lipinski definition) is 1. The zero-order valence-electron chi connectivity index (χ0n) is 13.4. The topological polar surface area (TPSA) is 86.5 Å². The van der Waals surface area contributed by atoms with Gasteiger partial charge in [0.15, 0.2) is 4.90 Å². The van der Waals surface area contributed by atoms with Crippen molar-refractivity contribution >= 4 is 21.6 Å². The lowest BCUT2D eigenvalue weighted by Gasteiger charge is -2.08. The van der Waals surface area contributed by atoms with Gasteiger partial charge in [-0.05, 0) is 36.4 Å². The summed E-state index contributed by atoms with van der Waals surface area (Å²) in [6.45, 7) is 0.110. The molecule has 0 fully saturated rings. The second-order valence-corrected chi connectivity index (χ2v) is 7.44. The third kappa shape index (κ3) is 3.31. The number of aromatic nitrogens is 2. The Labute approximate surface area is 146 Å². The van der Waals surface area contributed by atoms with E-state index in [1.807, 2.05) is 12.1 Å². The Morgan fingerprint density at radius 3 is 2.68 bits per heavy atom. The van der Waals surface area contributed by atoms with E-state index in [9.17, 15) is 13.6 Å². The maximum Gasteiger partial charge on any atom is 0.288 e. The number of carbonyl (C=O) groups excluding carboxylic acids is 1. The van der Waals surface area contributed by atoms with Gasteiger partial charge in [0.2, 0.25) is 5.82 Å². The SMILES string of the molecule is C#CCNC(=O)c1nc(-c2ccc([S+](C)(=O)[O-])cc2)c2ccccn12. The minimum Gasteiger partial charge on any atom is -0.610 e. The number of amides is 1. The van der Waals surface area contributed by atoms with Crippen LogP contribution in [0.2, 0.25) is 0 Å². The van der Waals surface area contributed by atoms with Gasteiger partial charge in [0, 0.05) is 11.8 Å². The van der Waals surface area contributed by atoms with Crippen LogP contribution in [-0.2, 0) is 14.4 Å². The van der Waals surface area contributed by atoms with Gasteiger partial charge in [0.25, 0.3) is 5.91 Å². The summed E-state index contributed by atoms with van der Waals surface area (Å²) in [4.78, 5) is 16.9. The molecule has 0 aliphatic heterocycles. The fraction of sp³-hybridized carbons (Fsp3) is 0.111. The highest BCUT2D eigenvalue weighted by Crippen LogP contribution is 2.26. The first-order valence-electron chi connectivity index (χ1n) is 7.41. The highest BCUT2D eigenvalue weighted by molar-refractivity contribution is 7.97. The van der Waals surface area contributed by atoms with Crippen molar-refractivity contribution < 1.29 is 13.6 Å². The van der Waals surface area contributed by atoms with E-state index in [0.717, 1.165) is 11.8 Å². The number of carbonyl (C=O) groups is 1. The predicted molar refractivity (Wildman–Crippen MR) is 94.8 cm³/mol. The van der Waals surface area contributed by atoms with E-state index in [-0.39, 0.29) is 23.2 Å². The zero-order chi connectivity index (χ0) is 18.0. The van der Waals surface area contributed by atoms with Crippen molar-refractivity contribution in [1.82, 2.24) is 14.7 Å². The van der Waals surface area contributed by atoms with Crippen molar-refractivity contribution in [3.8, 4) is 23.6 Å². The molecule has 0 aliphatic carbocycles. The van der Waals surface area contributed by atoms with E-state index in [2.05, 4.69) is 16.2 Å². The summed E-state index contributed by atoms with van der Waals surface area (Å²) in [6, 6.07) is 11.9. The first-order chi connectivity index (χ1) is 11.9. The zero-order valence-corrected chi connectivity index (χ0v) is 14.2. The summed E-state index contributed by atoms with van der Waals surface area (Å²) in [5, 5.41) is 2.60. The molecule has 0 saturated carbocycles. The minimum atomic E-state index is -3.27. The number of nitrogens with one attached hydrogen (secondary N) is 1. The fourth-order valence-corrected chi connectivity index (χ4v) is 3.11. The number of fused-ring (bicyclic) bond motifs is 1. The van der Waals surface area contributed by atoms with Gasteiger partial charge >= 0.3 is 0 Å². The number of pyridine rings is 1. The van der Waals surface area contributed by atoms with Gasteiger partial charge in [-0.15, -0.1) is 10.6 Å². The molecule has 25 heavy (non-hydrogen) atoms. The van der Waals surface area contributed by atoms with Gasteiger partial charge in [-0.1, -0.05) is 12.0 Å². The summed E-state index contributed by atoms with van der Waals surface area (Å²) in [6.07, 6.45) is 8.06. The average Bonchev–Trinajstić information content (AvgIpc) is 2.99. The van der Waals surface area contributed by atoms with E-state index in [1.165, 1.54) is 12.1 Å². The summed E-state index contributed by atoms with van der Waals surface area (Å²) < 4.78 is 24.9. The molecule has 2 aromatic heterocycles. The van der Waals surface area contributed by atoms with Gasteiger partial charge < -0.3 is 9.87 Å². The van der Waals surface area contributed by atoms with Gasteiger partial charge in [-0.3, -0.25) is 9.20 Å². The standard InChI is InChI=1S/C18H15N3O3S/c1-3-11-19-18(22)17-20-16(15-6-4-5-12-21(15)17)13-7-9-14(10-8-13)25(2,23)24/h1,4-10,12H,11H2,2H3,(H-,19,22,23,24). The van der Waals surface area contributed by atoms with Crippen molar-refractivity contribution in [2.75, 3.05) is 12.8 Å². The molecule has 1 atom stereocenters. The molecule has 0 spiro atoms. The van der Waals surface area contributed by atoms with Crippen molar-refractivity contribution in [2.24, 2.45) is 0 Å². The van der Waals surface area contributed by atoms with Crippen LogP contribution in [-0.4, -0.2) is 32.6 Å². The molecule has 1 unspecified atom stereocenters. The average molecular weight is 353 g/mol. The van der Waals surface area contributed by atoms with Gasteiger partial charge in [-0.25, -0.2) is 4.98 Å². The number of imidazole rings is 1. The maximum absolute atomic E-state index is 12.3. The summed E-state index contributed by atoms with van der Waals surface area (Å²) >= 11 is 0. The highest BCUT2D eigenvalue weighted by Gasteiger charge is 2.19. The quantitative estimate of drug-likeness (QED) is 0.574. The fourth-order valence-electron chi connectivity index (χ4n) is 2.48. The molecular formula is C18H15N3O3S. The Bertz CT molecular complexity index is 1030. The molecular weight excluding hydrogens is 338 g/mol. The lowest BCUT2D eigenvalue weighted by atomic mass is 10.1. The number of sulfone groups is 1. The number of terminal acetylenes is 1. The molecule has 6 nitrogen and oxygen atoms in total. The lowest BCUT2D eigenvalue weighted by molar-refractivity contribution is 0.0948. The number of hydrogen-bond acceptors (Lipinski definition) is 4. The third-order valence-corrected chi connectivity index (χ3v) is 4.79. The first-order valence-corrected chi connectivity index (χ1v) is 9.30. The molecule has 1 amide bonds. The summed E-state index contributed by atoms with van der Waals surface area (Å²) in [5.41, 5.74) is 2.04. The summed E-state index contributed by atoms with van der Waals surface area (Å²) in [7, 11) is -3.27. The van der Waals surface area contributed by atoms with Crippen molar-refractivity contribution in [1.29, 1.82) is 0 Å². The Hall–Kier alpha value is -2.95. The van der Waals surface area contributed by atoms with Crippen LogP contribution in [0.15, 0.2) is 53.6 Å². The summed E-state index contributed by atoms with van der Waals surface area (Å²) in [5.74, 6) is 2.19. The van der Waals surface area contributed by atoms with Crippen LogP contribution in [0.5, 0.6) is 0 Å². The van der Waals surface area contributed by atoms with E-state index in [1.54, 1.807) is 28.8 Å². The Morgan fingerprint density at radius 2 is 2.04 bits per heavy atom. The van der Waals surface area contributed by atoms with Crippen LogP contribution in [0.25, 0.3) is 16.8 Å². The molecule has 0 saturated heterocycles. The number of rotatable bonds is 4. The number of nitrogens with zero attached hydrogens (tertiary/aromatic N) is 2. The lowest BCUT2D eigenvalue weighted by Crippen LogP contribution is -2.25. The second-order valence-electron chi connectivity index (χ2n) is 5.42. The Kier molecular flexibility index (Phi) is 4.40. The van der Waals surface area contributed by atoms with E-state index < -0.39 is 10.2 Å². The molecule has 7 heteroatoms. The van der Waals surface area contributed by atoms with Gasteiger partial charge in [0.05, 0.1) is 28.0 Å². The van der Waals surface area contributed by atoms with Crippen LogP contribution in [0.1, 0.15) is 10.6 Å². The highest BCUT2D eigenvalue weighted by atomic mass is 32.3. The molecule has 3 rings (SSSR count). The first kappa shape index (κ1) is 16.9. The third-order valence-electron chi connectivity index (χ3n) is 3.66. The molecule has 2 heterocycles. The van der Waals surface area contributed by atoms with Crippen molar-refractivity contribution in [3.63, 3.8) is 0 Å². The van der Waals surface area contributed by atoms with Crippen LogP contribution in [0.4, 0.5) is 0 Å². The molecule has 0 bridgehead atoms. The van der Waals surface area contributed by atoms with Crippen LogP contribution < -0.4 is 5.32 Å². The predicted octanol–water partition coefficient (Wildman–Crippen LogP) is 1.98. The molecule has 0 radical (unpaired) electrons. The number of benzene rings is 1. The van der Waals surface area contributed by atoms with Crippen molar-refractivity contribution in [2.45, 2.75) is 4.90 Å². The van der Waals surface area contributed by atoms with E-state index >= 15 is 0 Å². The molecule has 126 valence electrons. The van der Waals surface area contributed by atoms with Crippen LogP contribution in [0, 0.1) is 12.3 Å². The van der Waals surface area contributed by atoms with Crippen LogP contribution in [0.3, 0.4) is 0 Å². The van der Waals surface area contributed by atoms with Crippen molar-refractivity contribution in [3.05, 3.63) is 54.5 Å². The Morgan fingerprint density at radius 1 is 1.32 bits per heavy atom. The minimum absolute atomic E-state index is 0.110. The van der Waals surface area contributed by atoms with Gasteiger partial charge in [-0.2, -0.15) is 0 Å². The Balaban J connectivity index is 2.10. The van der Waals surface area contributed by atoms with E-state index in [4.69, 9.17) is 6.42 Å². The largest absolute Gasteiger partial charge is 0.610 e. The molecule has 3 aromatic rings. The maximum atomic E-state index is 12.3.